The van der Waals surface area contributed by atoms with Crippen LogP contribution in [0.15, 0.2) is 73.8 Å². The Hall–Kier alpha value is -2.96. The first kappa shape index (κ1) is 21.7. The van der Waals surface area contributed by atoms with Gasteiger partial charge in [-0.1, -0.05) is 36.4 Å². The van der Waals surface area contributed by atoms with Gasteiger partial charge < -0.3 is 28.4 Å². The van der Waals surface area contributed by atoms with Crippen LogP contribution < -0.4 is 18.9 Å². The molecule has 2 aromatic rings. The van der Waals surface area contributed by atoms with E-state index in [9.17, 15) is 0 Å². The molecule has 0 amide bonds. The van der Waals surface area contributed by atoms with Gasteiger partial charge in [-0.3, -0.25) is 0 Å². The highest BCUT2D eigenvalue weighted by molar-refractivity contribution is 5.40. The van der Waals surface area contributed by atoms with Crippen molar-refractivity contribution >= 4 is 0 Å². The molecule has 0 N–H and O–H groups in total. The molecule has 1 aliphatic heterocycles. The van der Waals surface area contributed by atoms with Gasteiger partial charge in [-0.15, -0.1) is 13.2 Å². The van der Waals surface area contributed by atoms with E-state index >= 15 is 0 Å². The summed E-state index contributed by atoms with van der Waals surface area (Å²) in [6.07, 6.45) is 2.80. The van der Waals surface area contributed by atoms with Gasteiger partial charge in [0.05, 0.1) is 13.2 Å². The second-order valence-electron chi connectivity index (χ2n) is 6.63. The second-order valence-corrected chi connectivity index (χ2v) is 6.63. The Kier molecular flexibility index (Phi) is 8.62. The summed E-state index contributed by atoms with van der Waals surface area (Å²) in [5.74, 6) is 2.52. The largest absolute Gasteiger partial charge is 0.487 e. The predicted molar refractivity (Wildman–Crippen MR) is 115 cm³/mol. The summed E-state index contributed by atoms with van der Waals surface area (Å²) in [6.45, 7) is 9.41. The number of rotatable bonds is 6. The third-order valence-electron chi connectivity index (χ3n) is 4.30. The maximum atomic E-state index is 5.99. The lowest BCUT2D eigenvalue weighted by Crippen LogP contribution is -2.31. The van der Waals surface area contributed by atoms with Gasteiger partial charge in [0, 0.05) is 0 Å². The molecule has 0 spiro atoms. The van der Waals surface area contributed by atoms with Crippen molar-refractivity contribution in [1.29, 1.82) is 0 Å². The number of ether oxygens (including phenoxy) is 6. The van der Waals surface area contributed by atoms with Gasteiger partial charge in [0.25, 0.3) is 0 Å². The maximum Gasteiger partial charge on any atom is 0.161 e. The van der Waals surface area contributed by atoms with Crippen LogP contribution >= 0.6 is 0 Å². The quantitative estimate of drug-likeness (QED) is 0.667. The summed E-state index contributed by atoms with van der Waals surface area (Å²) < 4.78 is 35.6. The van der Waals surface area contributed by atoms with Crippen molar-refractivity contribution < 1.29 is 28.4 Å². The molecule has 0 aliphatic carbocycles. The molecule has 0 atom stereocenters. The molecule has 160 valence electrons. The van der Waals surface area contributed by atoms with Crippen LogP contribution in [0.3, 0.4) is 0 Å². The summed E-state index contributed by atoms with van der Waals surface area (Å²) in [7, 11) is 0. The van der Waals surface area contributed by atoms with E-state index in [1.165, 1.54) is 0 Å². The molecule has 0 fully saturated rings. The summed E-state index contributed by atoms with van der Waals surface area (Å²) in [5.41, 5.74) is 0. The minimum absolute atomic E-state index is 0.296. The Morgan fingerprint density at radius 2 is 0.933 bits per heavy atom. The van der Waals surface area contributed by atoms with Crippen LogP contribution in [0, 0.1) is 0 Å². The topological polar surface area (TPSA) is 55.4 Å². The molecule has 0 saturated carbocycles. The van der Waals surface area contributed by atoms with Crippen LogP contribution in [-0.2, 0) is 9.47 Å². The Balaban J connectivity index is 1.81. The number of fused-ring (bicyclic) bond motifs is 2. The second kappa shape index (κ2) is 11.9. The molecule has 1 aliphatic rings. The molecule has 6 nitrogen and oxygen atoms in total. The fourth-order valence-corrected chi connectivity index (χ4v) is 2.81. The molecular weight excluding hydrogens is 384 g/mol. The highest BCUT2D eigenvalue weighted by atomic mass is 16.6. The molecule has 30 heavy (non-hydrogen) atoms. The minimum Gasteiger partial charge on any atom is -0.487 e. The van der Waals surface area contributed by atoms with Crippen LogP contribution in [0.5, 0.6) is 23.0 Å². The Morgan fingerprint density at radius 3 is 1.20 bits per heavy atom. The van der Waals surface area contributed by atoms with E-state index in [2.05, 4.69) is 13.2 Å². The van der Waals surface area contributed by atoms with E-state index in [1.807, 2.05) is 48.5 Å². The van der Waals surface area contributed by atoms with Gasteiger partial charge in [-0.25, -0.2) is 0 Å². The molecule has 0 bridgehead atoms. The van der Waals surface area contributed by atoms with Crippen LogP contribution in [0.2, 0.25) is 0 Å². The van der Waals surface area contributed by atoms with Crippen molar-refractivity contribution in [2.75, 3.05) is 39.6 Å². The average molecular weight is 412 g/mol. The van der Waals surface area contributed by atoms with E-state index in [-0.39, 0.29) is 12.2 Å². The van der Waals surface area contributed by atoms with Crippen molar-refractivity contribution in [3.63, 3.8) is 0 Å². The zero-order valence-electron chi connectivity index (χ0n) is 17.0. The lowest BCUT2D eigenvalue weighted by atomic mass is 10.3. The fraction of sp³-hybridized carbons (Fsp3) is 0.333. The normalized spacial score (nSPS) is 19.3. The number of hydrogen-bond donors (Lipinski definition) is 0. The van der Waals surface area contributed by atoms with Gasteiger partial charge in [0.15, 0.2) is 23.0 Å². The van der Waals surface area contributed by atoms with Crippen molar-refractivity contribution in [3.8, 4) is 23.0 Å². The van der Waals surface area contributed by atoms with E-state index in [0.717, 1.165) is 0 Å². The summed E-state index contributed by atoms with van der Waals surface area (Å²) >= 11 is 0. The first-order chi connectivity index (χ1) is 14.8. The van der Waals surface area contributed by atoms with Crippen LogP contribution in [0.1, 0.15) is 0 Å². The zero-order chi connectivity index (χ0) is 21.0. The third-order valence-corrected chi connectivity index (χ3v) is 4.30. The summed E-state index contributed by atoms with van der Waals surface area (Å²) in [4.78, 5) is 0. The summed E-state index contributed by atoms with van der Waals surface area (Å²) in [6, 6.07) is 15.0. The van der Waals surface area contributed by atoms with E-state index in [0.29, 0.717) is 62.6 Å². The minimum atomic E-state index is -0.296. The molecule has 0 radical (unpaired) electrons. The zero-order valence-corrected chi connectivity index (χ0v) is 17.0. The number of para-hydroxylation sites is 4. The lowest BCUT2D eigenvalue weighted by Gasteiger charge is -2.23. The number of benzene rings is 2. The SMILES string of the molecule is C=CCOC1COc2ccccc2OCC(OCC=C)COc2ccccc2OC1. The van der Waals surface area contributed by atoms with E-state index in [4.69, 9.17) is 28.4 Å². The Morgan fingerprint density at radius 1 is 0.633 bits per heavy atom. The van der Waals surface area contributed by atoms with Crippen molar-refractivity contribution in [2.45, 2.75) is 12.2 Å². The predicted octanol–water partition coefficient (Wildman–Crippen LogP) is 4.06. The molecule has 3 rings (SSSR count). The van der Waals surface area contributed by atoms with E-state index < -0.39 is 0 Å². The van der Waals surface area contributed by atoms with Crippen molar-refractivity contribution in [2.24, 2.45) is 0 Å². The van der Waals surface area contributed by atoms with Gasteiger partial charge in [-0.2, -0.15) is 0 Å². The molecular formula is C24H28O6. The van der Waals surface area contributed by atoms with Gasteiger partial charge in [-0.05, 0) is 24.3 Å². The Labute approximate surface area is 177 Å². The summed E-state index contributed by atoms with van der Waals surface area (Å²) in [5, 5.41) is 0. The third kappa shape index (κ3) is 6.54. The first-order valence-electron chi connectivity index (χ1n) is 9.94. The fourth-order valence-electron chi connectivity index (χ4n) is 2.81. The van der Waals surface area contributed by atoms with Crippen molar-refractivity contribution in [1.82, 2.24) is 0 Å². The molecule has 0 saturated heterocycles. The van der Waals surface area contributed by atoms with Gasteiger partial charge >= 0.3 is 0 Å². The molecule has 0 unspecified atom stereocenters. The van der Waals surface area contributed by atoms with E-state index in [1.54, 1.807) is 12.2 Å². The maximum absolute atomic E-state index is 5.99. The van der Waals surface area contributed by atoms with Crippen molar-refractivity contribution in [3.05, 3.63) is 73.8 Å². The van der Waals surface area contributed by atoms with Gasteiger partial charge in [0.2, 0.25) is 0 Å². The molecule has 1 heterocycles. The van der Waals surface area contributed by atoms with Gasteiger partial charge in [0.1, 0.15) is 38.6 Å². The first-order valence-corrected chi connectivity index (χ1v) is 9.94. The standard InChI is InChI=1S/C24H28O6/c1-3-13-25-19-15-27-21-9-5-7-11-23(21)29-17-20(26-14-4-2)18-30-24-12-8-6-10-22(24)28-16-19/h3-12,19-20H,1-2,13-18H2. The molecule has 2 aromatic carbocycles. The molecule has 6 heteroatoms. The number of hydrogen-bond acceptors (Lipinski definition) is 6. The van der Waals surface area contributed by atoms with Crippen LogP contribution in [-0.4, -0.2) is 51.8 Å². The average Bonchev–Trinajstić information content (AvgIpc) is 2.79. The highest BCUT2D eigenvalue weighted by Gasteiger charge is 2.18. The van der Waals surface area contributed by atoms with Crippen LogP contribution in [0.25, 0.3) is 0 Å². The highest BCUT2D eigenvalue weighted by Crippen LogP contribution is 2.29. The smallest absolute Gasteiger partial charge is 0.161 e. The van der Waals surface area contributed by atoms with Crippen LogP contribution in [0.4, 0.5) is 0 Å². The lowest BCUT2D eigenvalue weighted by molar-refractivity contribution is -0.00598. The molecule has 0 aromatic heterocycles. The monoisotopic (exact) mass is 412 g/mol. The Bertz CT molecular complexity index is 684.